The van der Waals surface area contributed by atoms with Gasteiger partial charge in [-0.2, -0.15) is 13.2 Å². The lowest BCUT2D eigenvalue weighted by molar-refractivity contribution is -0.137. The molecule has 2 aromatic carbocycles. The van der Waals surface area contributed by atoms with E-state index < -0.39 is 41.7 Å². The Morgan fingerprint density at radius 2 is 1.91 bits per heavy atom. The number of benzene rings is 2. The first-order valence-corrected chi connectivity index (χ1v) is 9.82. The SMILES string of the molecule is C[C@@H](C(=O)Nc1cccc(C(F)(F)F)c1)N1C(=O)N[C@H](Cc2c[nH]c3ccccc23)C1=O. The second kappa shape index (κ2) is 8.03. The summed E-state index contributed by atoms with van der Waals surface area (Å²) in [6, 6.07) is 8.84. The molecule has 166 valence electrons. The number of fused-ring (bicyclic) bond motifs is 1. The number of nitrogens with zero attached hydrogens (tertiary/aromatic N) is 1. The van der Waals surface area contributed by atoms with Crippen LogP contribution in [0.2, 0.25) is 0 Å². The van der Waals surface area contributed by atoms with Crippen molar-refractivity contribution in [2.45, 2.75) is 31.6 Å². The summed E-state index contributed by atoms with van der Waals surface area (Å²) in [4.78, 5) is 41.8. The van der Waals surface area contributed by atoms with E-state index in [1.165, 1.54) is 13.0 Å². The molecule has 0 unspecified atom stereocenters. The second-order valence-electron chi connectivity index (χ2n) is 7.52. The average Bonchev–Trinajstić information content (AvgIpc) is 3.28. The summed E-state index contributed by atoms with van der Waals surface area (Å²) < 4.78 is 38.7. The summed E-state index contributed by atoms with van der Waals surface area (Å²) in [6.45, 7) is 1.34. The third-order valence-electron chi connectivity index (χ3n) is 5.38. The Labute approximate surface area is 180 Å². The Kier molecular flexibility index (Phi) is 5.37. The van der Waals surface area contributed by atoms with Crippen LogP contribution in [0.3, 0.4) is 0 Å². The lowest BCUT2D eigenvalue weighted by atomic mass is 10.0. The van der Waals surface area contributed by atoms with Crippen molar-refractivity contribution in [2.75, 3.05) is 5.32 Å². The van der Waals surface area contributed by atoms with Crippen molar-refractivity contribution in [3.63, 3.8) is 0 Å². The fourth-order valence-corrected chi connectivity index (χ4v) is 3.71. The maximum absolute atomic E-state index is 12.9. The summed E-state index contributed by atoms with van der Waals surface area (Å²) in [5, 5.41) is 5.84. The van der Waals surface area contributed by atoms with Crippen LogP contribution in [0, 0.1) is 0 Å². The van der Waals surface area contributed by atoms with Crippen LogP contribution in [0.25, 0.3) is 10.9 Å². The molecule has 0 spiro atoms. The van der Waals surface area contributed by atoms with Gasteiger partial charge in [0.05, 0.1) is 5.56 Å². The Bertz CT molecular complexity index is 1200. The summed E-state index contributed by atoms with van der Waals surface area (Å²) in [5.74, 6) is -1.35. The quantitative estimate of drug-likeness (QED) is 0.524. The number of para-hydroxylation sites is 1. The highest BCUT2D eigenvalue weighted by atomic mass is 19.4. The molecule has 3 N–H and O–H groups in total. The number of rotatable bonds is 5. The third-order valence-corrected chi connectivity index (χ3v) is 5.38. The standard InChI is InChI=1S/C22H19F3N4O3/c1-12(19(30)27-15-6-4-5-14(10-15)22(23,24)25)29-20(31)18(28-21(29)32)9-13-11-26-17-8-3-2-7-16(13)17/h2-8,10-12,18,26H,9H2,1H3,(H,27,30)(H,28,32)/t12-,18+/m0/s1. The van der Waals surface area contributed by atoms with Crippen LogP contribution >= 0.6 is 0 Å². The van der Waals surface area contributed by atoms with Gasteiger partial charge in [-0.3, -0.25) is 14.5 Å². The minimum atomic E-state index is -4.56. The highest BCUT2D eigenvalue weighted by Crippen LogP contribution is 2.31. The van der Waals surface area contributed by atoms with E-state index in [4.69, 9.17) is 0 Å². The number of alkyl halides is 3. The minimum absolute atomic E-state index is 0.0842. The maximum Gasteiger partial charge on any atom is 0.416 e. The fraction of sp³-hybridized carbons (Fsp3) is 0.227. The van der Waals surface area contributed by atoms with E-state index in [0.717, 1.165) is 39.6 Å². The van der Waals surface area contributed by atoms with Crippen molar-refractivity contribution in [1.29, 1.82) is 0 Å². The first-order valence-electron chi connectivity index (χ1n) is 9.82. The first-order chi connectivity index (χ1) is 15.1. The molecule has 1 fully saturated rings. The van der Waals surface area contributed by atoms with Gasteiger partial charge < -0.3 is 15.6 Å². The maximum atomic E-state index is 12.9. The van der Waals surface area contributed by atoms with Crippen molar-refractivity contribution in [2.24, 2.45) is 0 Å². The molecule has 1 aliphatic heterocycles. The summed E-state index contributed by atoms with van der Waals surface area (Å²) in [7, 11) is 0. The molecule has 4 rings (SSSR count). The number of hydrogen-bond donors (Lipinski definition) is 3. The number of aromatic nitrogens is 1. The van der Waals surface area contributed by atoms with Gasteiger partial charge in [-0.1, -0.05) is 24.3 Å². The van der Waals surface area contributed by atoms with Gasteiger partial charge in [0.25, 0.3) is 5.91 Å². The summed E-state index contributed by atoms with van der Waals surface area (Å²) >= 11 is 0. The van der Waals surface area contributed by atoms with E-state index in [1.54, 1.807) is 6.20 Å². The summed E-state index contributed by atoms with van der Waals surface area (Å²) in [5.41, 5.74) is 0.725. The molecule has 2 atom stereocenters. The van der Waals surface area contributed by atoms with Gasteiger partial charge in [0, 0.05) is 29.2 Å². The highest BCUT2D eigenvalue weighted by Gasteiger charge is 2.43. The number of H-pyrrole nitrogens is 1. The van der Waals surface area contributed by atoms with Crippen LogP contribution < -0.4 is 10.6 Å². The molecule has 1 saturated heterocycles. The number of urea groups is 1. The van der Waals surface area contributed by atoms with E-state index in [2.05, 4.69) is 15.6 Å². The zero-order valence-corrected chi connectivity index (χ0v) is 16.9. The van der Waals surface area contributed by atoms with Gasteiger partial charge in [0.2, 0.25) is 5.91 Å². The van der Waals surface area contributed by atoms with Gasteiger partial charge >= 0.3 is 12.2 Å². The van der Waals surface area contributed by atoms with Crippen LogP contribution in [0.15, 0.2) is 54.7 Å². The number of halogens is 3. The number of amides is 4. The molecule has 7 nitrogen and oxygen atoms in total. The van der Waals surface area contributed by atoms with Crippen LogP contribution in [-0.2, 0) is 22.2 Å². The molecular formula is C22H19F3N4O3. The van der Waals surface area contributed by atoms with Crippen molar-refractivity contribution in [3.05, 3.63) is 65.9 Å². The van der Waals surface area contributed by atoms with Crippen molar-refractivity contribution >= 4 is 34.4 Å². The first kappa shape index (κ1) is 21.4. The number of carbonyl (C=O) groups is 3. The minimum Gasteiger partial charge on any atom is -0.361 e. The zero-order valence-electron chi connectivity index (χ0n) is 16.9. The van der Waals surface area contributed by atoms with E-state index >= 15 is 0 Å². The van der Waals surface area contributed by atoms with Gasteiger partial charge in [0.15, 0.2) is 0 Å². The topological polar surface area (TPSA) is 94.3 Å². The van der Waals surface area contributed by atoms with Crippen molar-refractivity contribution < 1.29 is 27.6 Å². The average molecular weight is 444 g/mol. The molecule has 0 radical (unpaired) electrons. The Morgan fingerprint density at radius 3 is 2.66 bits per heavy atom. The zero-order chi connectivity index (χ0) is 23.0. The van der Waals surface area contributed by atoms with Gasteiger partial charge in [-0.15, -0.1) is 0 Å². The van der Waals surface area contributed by atoms with Gasteiger partial charge in [-0.05, 0) is 36.8 Å². The number of hydrogen-bond acceptors (Lipinski definition) is 3. The molecule has 0 aliphatic carbocycles. The molecule has 10 heteroatoms. The number of carbonyl (C=O) groups excluding carboxylic acids is 3. The predicted molar refractivity (Wildman–Crippen MR) is 111 cm³/mol. The largest absolute Gasteiger partial charge is 0.416 e. The second-order valence-corrected chi connectivity index (χ2v) is 7.52. The lowest BCUT2D eigenvalue weighted by Crippen LogP contribution is -2.46. The molecule has 0 saturated carbocycles. The van der Waals surface area contributed by atoms with Crippen LogP contribution in [-0.4, -0.2) is 39.8 Å². The predicted octanol–water partition coefficient (Wildman–Crippen LogP) is 3.68. The van der Waals surface area contributed by atoms with Crippen molar-refractivity contribution in [3.8, 4) is 0 Å². The molecule has 1 aliphatic rings. The number of aromatic amines is 1. The number of imide groups is 1. The molecule has 4 amide bonds. The van der Waals surface area contributed by atoms with Crippen LogP contribution in [0.4, 0.5) is 23.7 Å². The van der Waals surface area contributed by atoms with E-state index in [1.807, 2.05) is 24.3 Å². The lowest BCUT2D eigenvalue weighted by Gasteiger charge is -2.21. The normalized spacial score (nSPS) is 17.5. The van der Waals surface area contributed by atoms with E-state index in [9.17, 15) is 27.6 Å². The molecular weight excluding hydrogens is 425 g/mol. The van der Waals surface area contributed by atoms with Crippen LogP contribution in [0.5, 0.6) is 0 Å². The van der Waals surface area contributed by atoms with E-state index in [-0.39, 0.29) is 12.1 Å². The van der Waals surface area contributed by atoms with Gasteiger partial charge in [0.1, 0.15) is 12.1 Å². The van der Waals surface area contributed by atoms with Crippen LogP contribution in [0.1, 0.15) is 18.1 Å². The molecule has 3 aromatic rings. The Morgan fingerprint density at radius 1 is 1.16 bits per heavy atom. The highest BCUT2D eigenvalue weighted by molar-refractivity contribution is 6.09. The summed E-state index contributed by atoms with van der Waals surface area (Å²) in [6.07, 6.45) is -2.57. The molecule has 1 aromatic heterocycles. The number of anilines is 1. The Hall–Kier alpha value is -3.82. The number of nitrogens with one attached hydrogen (secondary N) is 3. The van der Waals surface area contributed by atoms with Crippen molar-refractivity contribution in [1.82, 2.24) is 15.2 Å². The molecule has 2 heterocycles. The third kappa shape index (κ3) is 4.03. The Balaban J connectivity index is 1.47. The monoisotopic (exact) mass is 444 g/mol. The van der Waals surface area contributed by atoms with E-state index in [0.29, 0.717) is 0 Å². The molecule has 0 bridgehead atoms. The smallest absolute Gasteiger partial charge is 0.361 e. The molecule has 32 heavy (non-hydrogen) atoms. The van der Waals surface area contributed by atoms with Gasteiger partial charge in [-0.25, -0.2) is 4.79 Å². The fourth-order valence-electron chi connectivity index (χ4n) is 3.71.